The van der Waals surface area contributed by atoms with Crippen LogP contribution in [-0.2, 0) is 11.3 Å². The lowest BCUT2D eigenvalue weighted by atomic mass is 10.0. The van der Waals surface area contributed by atoms with Crippen LogP contribution < -0.4 is 5.32 Å². The molecule has 3 rings (SSSR count). The van der Waals surface area contributed by atoms with E-state index >= 15 is 0 Å². The van der Waals surface area contributed by atoms with Gasteiger partial charge in [0, 0.05) is 42.4 Å². The van der Waals surface area contributed by atoms with Crippen LogP contribution in [0.2, 0.25) is 0 Å². The zero-order chi connectivity index (χ0) is 20.8. The van der Waals surface area contributed by atoms with Gasteiger partial charge in [-0.2, -0.15) is 0 Å². The zero-order valence-electron chi connectivity index (χ0n) is 16.4. The lowest BCUT2D eigenvalue weighted by Gasteiger charge is -2.10. The van der Waals surface area contributed by atoms with Crippen molar-refractivity contribution in [3.63, 3.8) is 0 Å². The Bertz CT molecular complexity index is 1030. The van der Waals surface area contributed by atoms with E-state index in [2.05, 4.69) is 20.3 Å². The summed E-state index contributed by atoms with van der Waals surface area (Å²) in [6.07, 6.45) is 7.85. The van der Waals surface area contributed by atoms with E-state index in [1.54, 1.807) is 25.6 Å². The molecule has 29 heavy (non-hydrogen) atoms. The van der Waals surface area contributed by atoms with Gasteiger partial charge in [-0.3, -0.25) is 14.8 Å². The number of nitrogens with zero attached hydrogens (tertiary/aromatic N) is 3. The Morgan fingerprint density at radius 2 is 1.83 bits per heavy atom. The molecule has 0 radical (unpaired) electrons. The molecule has 3 aromatic heterocycles. The van der Waals surface area contributed by atoms with Gasteiger partial charge < -0.3 is 10.1 Å². The number of amides is 1. The summed E-state index contributed by atoms with van der Waals surface area (Å²) in [6, 6.07) is 7.45. The molecule has 6 nitrogen and oxygen atoms in total. The molecule has 0 aliphatic heterocycles. The molecular formula is C22H21FN4O2. The molecule has 0 aliphatic carbocycles. The van der Waals surface area contributed by atoms with E-state index < -0.39 is 11.7 Å². The molecule has 3 aromatic rings. The summed E-state index contributed by atoms with van der Waals surface area (Å²) >= 11 is 0. The molecule has 148 valence electrons. The second kappa shape index (κ2) is 9.16. The number of carbonyl (C=O) groups is 1. The Hall–Kier alpha value is -3.45. The van der Waals surface area contributed by atoms with E-state index in [0.717, 1.165) is 28.6 Å². The van der Waals surface area contributed by atoms with Gasteiger partial charge in [0.05, 0.1) is 24.1 Å². The third kappa shape index (κ3) is 4.70. The van der Waals surface area contributed by atoms with Crippen molar-refractivity contribution in [2.45, 2.75) is 20.5 Å². The van der Waals surface area contributed by atoms with Crippen LogP contribution in [-0.4, -0.2) is 28.0 Å². The second-order valence-electron chi connectivity index (χ2n) is 6.35. The molecule has 0 spiro atoms. The van der Waals surface area contributed by atoms with Crippen molar-refractivity contribution in [1.29, 1.82) is 0 Å². The van der Waals surface area contributed by atoms with Crippen LogP contribution in [0.5, 0.6) is 0 Å². The van der Waals surface area contributed by atoms with E-state index in [1.807, 2.05) is 31.2 Å². The standard InChI is InChI=1S/C22H21FN4O2/c1-4-18(15-5-7-17(13-29-3)25-9-15)16-6-8-21(26-10-16)27-22(28)19-11-24-12-20(23)14(19)2/h4-12H,13H2,1-3H3,(H,26,27,28). The van der Waals surface area contributed by atoms with Crippen LogP contribution in [0, 0.1) is 12.7 Å². The average molecular weight is 392 g/mol. The Labute approximate surface area is 168 Å². The van der Waals surface area contributed by atoms with Gasteiger partial charge in [-0.25, -0.2) is 9.37 Å². The maximum absolute atomic E-state index is 13.6. The summed E-state index contributed by atoms with van der Waals surface area (Å²) in [5.74, 6) is -0.617. The van der Waals surface area contributed by atoms with Crippen LogP contribution in [0.25, 0.3) is 5.57 Å². The molecular weight excluding hydrogens is 371 g/mol. The van der Waals surface area contributed by atoms with Gasteiger partial charge in [0.15, 0.2) is 0 Å². The lowest BCUT2D eigenvalue weighted by molar-refractivity contribution is 0.102. The Balaban J connectivity index is 1.76. The van der Waals surface area contributed by atoms with Crippen molar-refractivity contribution < 1.29 is 13.9 Å². The van der Waals surface area contributed by atoms with Crippen molar-refractivity contribution in [2.24, 2.45) is 0 Å². The van der Waals surface area contributed by atoms with E-state index in [-0.39, 0.29) is 11.1 Å². The number of nitrogens with one attached hydrogen (secondary N) is 1. The third-order valence-electron chi connectivity index (χ3n) is 4.43. The van der Waals surface area contributed by atoms with Gasteiger partial charge >= 0.3 is 0 Å². The highest BCUT2D eigenvalue weighted by Crippen LogP contribution is 2.23. The van der Waals surface area contributed by atoms with Crippen LogP contribution in [0.15, 0.2) is 55.1 Å². The number of aromatic nitrogens is 3. The molecule has 0 unspecified atom stereocenters. The highest BCUT2D eigenvalue weighted by Gasteiger charge is 2.14. The van der Waals surface area contributed by atoms with E-state index in [1.165, 1.54) is 13.1 Å². The summed E-state index contributed by atoms with van der Waals surface area (Å²) in [7, 11) is 1.63. The fourth-order valence-electron chi connectivity index (χ4n) is 2.86. The lowest BCUT2D eigenvalue weighted by Crippen LogP contribution is -2.15. The first-order valence-corrected chi connectivity index (χ1v) is 9.02. The Morgan fingerprint density at radius 1 is 1.10 bits per heavy atom. The molecule has 0 bridgehead atoms. The number of hydrogen-bond acceptors (Lipinski definition) is 5. The van der Waals surface area contributed by atoms with Crippen molar-refractivity contribution in [3.05, 3.63) is 88.9 Å². The Morgan fingerprint density at radius 3 is 2.41 bits per heavy atom. The van der Waals surface area contributed by atoms with E-state index in [4.69, 9.17) is 4.74 Å². The number of rotatable bonds is 6. The summed E-state index contributed by atoms with van der Waals surface area (Å²) in [4.78, 5) is 24.8. The number of halogens is 1. The predicted molar refractivity (Wildman–Crippen MR) is 109 cm³/mol. The fraction of sp³-hybridized carbons (Fsp3) is 0.182. The monoisotopic (exact) mass is 392 g/mol. The highest BCUT2D eigenvalue weighted by molar-refractivity contribution is 6.04. The van der Waals surface area contributed by atoms with Gasteiger partial charge in [-0.05, 0) is 37.6 Å². The van der Waals surface area contributed by atoms with Crippen LogP contribution >= 0.6 is 0 Å². The van der Waals surface area contributed by atoms with Crippen LogP contribution in [0.1, 0.15) is 39.7 Å². The summed E-state index contributed by atoms with van der Waals surface area (Å²) in [5.41, 5.74) is 4.08. The van der Waals surface area contributed by atoms with Crippen LogP contribution in [0.4, 0.5) is 10.2 Å². The number of carbonyl (C=O) groups excluding carboxylic acids is 1. The number of hydrogen-bond donors (Lipinski definition) is 1. The number of allylic oxidation sites excluding steroid dienone is 1. The molecule has 0 aromatic carbocycles. The van der Waals surface area contributed by atoms with Gasteiger partial charge in [-0.1, -0.05) is 12.1 Å². The minimum absolute atomic E-state index is 0.173. The van der Waals surface area contributed by atoms with Crippen molar-refractivity contribution in [3.8, 4) is 0 Å². The van der Waals surface area contributed by atoms with Crippen molar-refractivity contribution in [2.75, 3.05) is 12.4 Å². The van der Waals surface area contributed by atoms with Crippen LogP contribution in [0.3, 0.4) is 0 Å². The normalized spacial score (nSPS) is 11.4. The largest absolute Gasteiger partial charge is 0.378 e. The molecule has 1 amide bonds. The molecule has 3 heterocycles. The minimum atomic E-state index is -0.524. The topological polar surface area (TPSA) is 77.0 Å². The number of pyridine rings is 3. The molecule has 0 saturated heterocycles. The first-order valence-electron chi connectivity index (χ1n) is 9.02. The molecule has 7 heteroatoms. The number of methoxy groups -OCH3 is 1. The molecule has 0 saturated carbocycles. The molecule has 0 atom stereocenters. The maximum Gasteiger partial charge on any atom is 0.258 e. The summed E-state index contributed by atoms with van der Waals surface area (Å²) in [6.45, 7) is 3.93. The molecule has 0 aliphatic rings. The maximum atomic E-state index is 13.6. The van der Waals surface area contributed by atoms with Crippen molar-refractivity contribution in [1.82, 2.24) is 15.0 Å². The van der Waals surface area contributed by atoms with Gasteiger partial charge in [0.2, 0.25) is 0 Å². The summed E-state index contributed by atoms with van der Waals surface area (Å²) in [5, 5.41) is 2.67. The van der Waals surface area contributed by atoms with Gasteiger partial charge in [-0.15, -0.1) is 0 Å². The smallest absolute Gasteiger partial charge is 0.258 e. The number of anilines is 1. The first kappa shape index (κ1) is 20.3. The van der Waals surface area contributed by atoms with Crippen molar-refractivity contribution >= 4 is 17.3 Å². The number of ether oxygens (including phenoxy) is 1. The Kier molecular flexibility index (Phi) is 6.41. The SMILES string of the molecule is CC=C(c1ccc(COC)nc1)c1ccc(NC(=O)c2cncc(F)c2C)nc1. The van der Waals surface area contributed by atoms with E-state index in [9.17, 15) is 9.18 Å². The van der Waals surface area contributed by atoms with E-state index in [0.29, 0.717) is 12.4 Å². The second-order valence-corrected chi connectivity index (χ2v) is 6.35. The molecule has 0 fully saturated rings. The summed E-state index contributed by atoms with van der Waals surface area (Å²) < 4.78 is 18.7. The molecule has 1 N–H and O–H groups in total. The minimum Gasteiger partial charge on any atom is -0.378 e. The third-order valence-corrected chi connectivity index (χ3v) is 4.43. The van der Waals surface area contributed by atoms with Gasteiger partial charge in [0.1, 0.15) is 11.6 Å². The average Bonchev–Trinajstić information content (AvgIpc) is 2.73. The van der Waals surface area contributed by atoms with Gasteiger partial charge in [0.25, 0.3) is 5.91 Å². The quantitative estimate of drug-likeness (QED) is 0.681. The highest BCUT2D eigenvalue weighted by atomic mass is 19.1. The first-order chi connectivity index (χ1) is 14.0. The predicted octanol–water partition coefficient (Wildman–Crippen LogP) is 4.17. The fourth-order valence-corrected chi connectivity index (χ4v) is 2.86. The zero-order valence-corrected chi connectivity index (χ0v) is 16.4.